The average Bonchev–Trinajstić information content (AvgIpc) is 3.03. The lowest BCUT2D eigenvalue weighted by Crippen LogP contribution is -2.48. The van der Waals surface area contributed by atoms with E-state index in [-0.39, 0.29) is 5.91 Å². The number of aromatic nitrogens is 2. The Morgan fingerprint density at radius 1 is 1.16 bits per heavy atom. The third kappa shape index (κ3) is 2.69. The molecule has 4 fully saturated rings. The maximum absolute atomic E-state index is 12.4. The predicted molar refractivity (Wildman–Crippen MR) is 98.9 cm³/mol. The molecule has 1 N–H and O–H groups in total. The van der Waals surface area contributed by atoms with Crippen molar-refractivity contribution in [3.63, 3.8) is 0 Å². The van der Waals surface area contributed by atoms with Crippen LogP contribution in [0.4, 0.5) is 5.13 Å². The highest BCUT2D eigenvalue weighted by Gasteiger charge is 2.52. The SMILES string of the molecule is Cc1ccc(C(=O)Nc2nc(C34CC5CC(CC(C5)C3)C4)cs2)cn1. The summed E-state index contributed by atoms with van der Waals surface area (Å²) in [6.45, 7) is 1.92. The topological polar surface area (TPSA) is 54.9 Å². The number of aryl methyl sites for hydroxylation is 1. The summed E-state index contributed by atoms with van der Waals surface area (Å²) < 4.78 is 0. The van der Waals surface area contributed by atoms with E-state index >= 15 is 0 Å². The Morgan fingerprint density at radius 3 is 2.44 bits per heavy atom. The molecule has 0 radical (unpaired) electrons. The van der Waals surface area contributed by atoms with Crippen molar-refractivity contribution in [1.82, 2.24) is 9.97 Å². The molecule has 0 unspecified atom stereocenters. The van der Waals surface area contributed by atoms with Gasteiger partial charge in [0.05, 0.1) is 11.3 Å². The van der Waals surface area contributed by atoms with E-state index in [0.717, 1.165) is 28.6 Å². The minimum absolute atomic E-state index is 0.126. The molecule has 0 aliphatic heterocycles. The Kier molecular flexibility index (Phi) is 3.49. The summed E-state index contributed by atoms with van der Waals surface area (Å²) in [5, 5.41) is 5.87. The molecule has 0 spiro atoms. The minimum atomic E-state index is -0.126. The van der Waals surface area contributed by atoms with E-state index in [0.29, 0.717) is 11.0 Å². The van der Waals surface area contributed by atoms with Crippen LogP contribution in [0.1, 0.15) is 60.3 Å². The van der Waals surface area contributed by atoms with Crippen LogP contribution in [-0.4, -0.2) is 15.9 Å². The number of anilines is 1. The highest BCUT2D eigenvalue weighted by Crippen LogP contribution is 2.60. The first-order valence-electron chi connectivity index (χ1n) is 9.30. The van der Waals surface area contributed by atoms with Gasteiger partial charge < -0.3 is 0 Å². The van der Waals surface area contributed by atoms with Gasteiger partial charge in [-0.25, -0.2) is 4.98 Å². The first-order valence-corrected chi connectivity index (χ1v) is 10.2. The van der Waals surface area contributed by atoms with Gasteiger partial charge in [-0.15, -0.1) is 11.3 Å². The van der Waals surface area contributed by atoms with E-state index in [1.807, 2.05) is 19.1 Å². The number of pyridine rings is 1. The Balaban J connectivity index is 1.35. The van der Waals surface area contributed by atoms with Gasteiger partial charge in [-0.05, 0) is 75.3 Å². The lowest BCUT2D eigenvalue weighted by atomic mass is 9.49. The van der Waals surface area contributed by atoms with Crippen molar-refractivity contribution >= 4 is 22.4 Å². The summed E-state index contributed by atoms with van der Waals surface area (Å²) in [6, 6.07) is 3.67. The van der Waals surface area contributed by atoms with Crippen molar-refractivity contribution in [2.75, 3.05) is 5.32 Å². The summed E-state index contributed by atoms with van der Waals surface area (Å²) in [5.74, 6) is 2.60. The van der Waals surface area contributed by atoms with Crippen LogP contribution < -0.4 is 5.32 Å². The van der Waals surface area contributed by atoms with Gasteiger partial charge in [0, 0.05) is 22.7 Å². The number of hydrogen-bond donors (Lipinski definition) is 1. The number of thiazole rings is 1. The molecule has 5 heteroatoms. The zero-order chi connectivity index (χ0) is 17.0. The third-order valence-corrected chi connectivity index (χ3v) is 7.24. The van der Waals surface area contributed by atoms with E-state index < -0.39 is 0 Å². The quantitative estimate of drug-likeness (QED) is 0.879. The van der Waals surface area contributed by atoms with Crippen LogP contribution in [0.25, 0.3) is 0 Å². The fourth-order valence-electron chi connectivity index (χ4n) is 5.77. The van der Waals surface area contributed by atoms with Gasteiger partial charge in [0.2, 0.25) is 0 Å². The fourth-order valence-corrected chi connectivity index (χ4v) is 6.60. The molecule has 0 aromatic carbocycles. The standard InChI is InChI=1S/C20H23N3OS/c1-12-2-3-16(10-21-12)18(24)23-19-22-17(11-25-19)20-7-13-4-14(8-20)6-15(5-13)9-20/h2-3,10-11,13-15H,4-9H2,1H3,(H,22,23,24). The molecule has 4 saturated carbocycles. The zero-order valence-corrected chi connectivity index (χ0v) is 15.3. The predicted octanol–water partition coefficient (Wildman–Crippen LogP) is 4.57. The molecule has 2 heterocycles. The van der Waals surface area contributed by atoms with E-state index in [4.69, 9.17) is 4.98 Å². The van der Waals surface area contributed by atoms with E-state index in [1.54, 1.807) is 17.5 Å². The Bertz CT molecular complexity index is 775. The van der Waals surface area contributed by atoms with Crippen LogP contribution >= 0.6 is 11.3 Å². The van der Waals surface area contributed by atoms with Gasteiger partial charge >= 0.3 is 0 Å². The molecule has 0 saturated heterocycles. The molecule has 0 atom stereocenters. The maximum Gasteiger partial charge on any atom is 0.259 e. The summed E-state index contributed by atoms with van der Waals surface area (Å²) in [4.78, 5) is 21.4. The lowest BCUT2D eigenvalue weighted by Gasteiger charge is -2.56. The number of hydrogen-bond acceptors (Lipinski definition) is 4. The average molecular weight is 353 g/mol. The normalized spacial score (nSPS) is 32.8. The summed E-state index contributed by atoms with van der Waals surface area (Å²) in [7, 11) is 0. The van der Waals surface area contributed by atoms with Crippen molar-refractivity contribution in [1.29, 1.82) is 0 Å². The largest absolute Gasteiger partial charge is 0.298 e. The lowest BCUT2D eigenvalue weighted by molar-refractivity contribution is -0.00688. The molecular formula is C20H23N3OS. The monoisotopic (exact) mass is 353 g/mol. The van der Waals surface area contributed by atoms with Gasteiger partial charge in [0.1, 0.15) is 0 Å². The van der Waals surface area contributed by atoms with Gasteiger partial charge in [0.25, 0.3) is 5.91 Å². The van der Waals surface area contributed by atoms with Gasteiger partial charge in [-0.2, -0.15) is 0 Å². The molecule has 4 aliphatic rings. The second-order valence-electron chi connectivity index (χ2n) is 8.38. The van der Waals surface area contributed by atoms with E-state index in [9.17, 15) is 4.79 Å². The van der Waals surface area contributed by atoms with E-state index in [2.05, 4.69) is 15.7 Å². The molecule has 2 aromatic heterocycles. The van der Waals surface area contributed by atoms with Gasteiger partial charge in [-0.1, -0.05) is 0 Å². The number of rotatable bonds is 3. The first kappa shape index (κ1) is 15.5. The molecule has 4 bridgehead atoms. The minimum Gasteiger partial charge on any atom is -0.298 e. The third-order valence-electron chi connectivity index (χ3n) is 6.48. The molecule has 4 aliphatic carbocycles. The summed E-state index contributed by atoms with van der Waals surface area (Å²) in [6.07, 6.45) is 9.85. The Hall–Kier alpha value is -1.75. The smallest absolute Gasteiger partial charge is 0.259 e. The zero-order valence-electron chi connectivity index (χ0n) is 14.5. The molecule has 2 aromatic rings. The van der Waals surface area contributed by atoms with Crippen LogP contribution in [-0.2, 0) is 5.41 Å². The van der Waals surface area contributed by atoms with E-state index in [1.165, 1.54) is 44.2 Å². The summed E-state index contributed by atoms with van der Waals surface area (Å²) in [5.41, 5.74) is 3.01. The number of nitrogens with zero attached hydrogens (tertiary/aromatic N) is 2. The van der Waals surface area contributed by atoms with Gasteiger partial charge in [0.15, 0.2) is 5.13 Å². The van der Waals surface area contributed by atoms with Crippen molar-refractivity contribution in [3.8, 4) is 0 Å². The van der Waals surface area contributed by atoms with Crippen LogP contribution in [0.5, 0.6) is 0 Å². The van der Waals surface area contributed by atoms with Gasteiger partial charge in [-0.3, -0.25) is 15.1 Å². The molecule has 25 heavy (non-hydrogen) atoms. The second kappa shape index (κ2) is 5.63. The van der Waals surface area contributed by atoms with Crippen molar-refractivity contribution < 1.29 is 4.79 Å². The highest BCUT2D eigenvalue weighted by molar-refractivity contribution is 7.14. The molecule has 6 rings (SSSR count). The van der Waals surface area contributed by atoms with Crippen molar-refractivity contribution in [2.45, 2.75) is 50.9 Å². The van der Waals surface area contributed by atoms with Crippen molar-refractivity contribution in [3.05, 3.63) is 40.7 Å². The number of nitrogens with one attached hydrogen (secondary N) is 1. The second-order valence-corrected chi connectivity index (χ2v) is 9.24. The Morgan fingerprint density at radius 2 is 1.84 bits per heavy atom. The molecular weight excluding hydrogens is 330 g/mol. The number of carbonyl (C=O) groups excluding carboxylic acids is 1. The first-order chi connectivity index (χ1) is 12.1. The number of carbonyl (C=O) groups is 1. The highest BCUT2D eigenvalue weighted by atomic mass is 32.1. The summed E-state index contributed by atoms with van der Waals surface area (Å²) >= 11 is 1.56. The van der Waals surface area contributed by atoms with Crippen LogP contribution in [0.2, 0.25) is 0 Å². The molecule has 130 valence electrons. The number of amides is 1. The van der Waals surface area contributed by atoms with Crippen LogP contribution in [0, 0.1) is 24.7 Å². The molecule has 4 nitrogen and oxygen atoms in total. The van der Waals surface area contributed by atoms with Crippen molar-refractivity contribution in [2.24, 2.45) is 17.8 Å². The maximum atomic E-state index is 12.4. The Labute approximate surface area is 152 Å². The van der Waals surface area contributed by atoms with Crippen LogP contribution in [0.3, 0.4) is 0 Å². The molecule has 1 amide bonds. The fraction of sp³-hybridized carbons (Fsp3) is 0.550. The van der Waals surface area contributed by atoms with Crippen LogP contribution in [0.15, 0.2) is 23.7 Å².